The molecule has 0 aliphatic carbocycles. The van der Waals surface area contributed by atoms with Crippen LogP contribution in [-0.4, -0.2) is 40.1 Å². The van der Waals surface area contributed by atoms with Gasteiger partial charge in [-0.05, 0) is 24.1 Å². The average Bonchev–Trinajstić information content (AvgIpc) is 2.36. The van der Waals surface area contributed by atoms with E-state index in [0.29, 0.717) is 10.5 Å². The van der Waals surface area contributed by atoms with Gasteiger partial charge < -0.3 is 10.0 Å². The molecular weight excluding hydrogens is 322 g/mol. The summed E-state index contributed by atoms with van der Waals surface area (Å²) in [6.45, 7) is 7.84. The Morgan fingerprint density at radius 1 is 1.26 bits per heavy atom. The molecule has 1 aliphatic heterocycles. The Kier molecular flexibility index (Phi) is 5.75. The molecule has 4 heteroatoms. The normalized spacial score (nSPS) is 26.3. The summed E-state index contributed by atoms with van der Waals surface area (Å²) in [5, 5.41) is 11.6. The fraction of sp³-hybridized carbons (Fsp3) is 0.600. The van der Waals surface area contributed by atoms with Crippen LogP contribution in [0.15, 0.2) is 28.7 Å². The third-order valence-electron chi connectivity index (χ3n) is 3.47. The van der Waals surface area contributed by atoms with E-state index in [1.54, 1.807) is 0 Å². The molecule has 0 aromatic heterocycles. The number of thioether (sulfide) groups is 1. The van der Waals surface area contributed by atoms with Gasteiger partial charge in [0.15, 0.2) is 0 Å². The molecule has 106 valence electrons. The van der Waals surface area contributed by atoms with Gasteiger partial charge in [0.1, 0.15) is 0 Å². The minimum absolute atomic E-state index is 0.353. The van der Waals surface area contributed by atoms with Gasteiger partial charge in [0.25, 0.3) is 0 Å². The highest BCUT2D eigenvalue weighted by molar-refractivity contribution is 9.10. The van der Waals surface area contributed by atoms with Crippen molar-refractivity contribution < 1.29 is 5.11 Å². The fourth-order valence-electron chi connectivity index (χ4n) is 2.62. The molecule has 0 bridgehead atoms. The maximum Gasteiger partial charge on any atom is 0.0802 e. The summed E-state index contributed by atoms with van der Waals surface area (Å²) in [6.07, 6.45) is 0.458. The number of nitrogens with zero attached hydrogens (tertiary/aromatic N) is 1. The lowest BCUT2D eigenvalue weighted by Crippen LogP contribution is -2.41. The van der Waals surface area contributed by atoms with Crippen molar-refractivity contribution in [3.05, 3.63) is 34.3 Å². The third kappa shape index (κ3) is 4.78. The van der Waals surface area contributed by atoms with Crippen LogP contribution in [-0.2, 0) is 0 Å². The quantitative estimate of drug-likeness (QED) is 0.901. The van der Waals surface area contributed by atoms with Gasteiger partial charge in [-0.15, -0.1) is 0 Å². The van der Waals surface area contributed by atoms with Crippen LogP contribution < -0.4 is 0 Å². The first-order valence-electron chi connectivity index (χ1n) is 6.86. The summed E-state index contributed by atoms with van der Waals surface area (Å²) >= 11 is 5.48. The highest BCUT2D eigenvalue weighted by Crippen LogP contribution is 2.26. The Morgan fingerprint density at radius 2 is 1.84 bits per heavy atom. The minimum atomic E-state index is -0.353. The van der Waals surface area contributed by atoms with Crippen molar-refractivity contribution >= 4 is 27.7 Å². The lowest BCUT2D eigenvalue weighted by molar-refractivity contribution is 0.141. The zero-order valence-electron chi connectivity index (χ0n) is 11.6. The predicted molar refractivity (Wildman–Crippen MR) is 86.7 cm³/mol. The van der Waals surface area contributed by atoms with Gasteiger partial charge in [-0.2, -0.15) is 11.8 Å². The summed E-state index contributed by atoms with van der Waals surface area (Å²) in [6, 6.07) is 7.96. The van der Waals surface area contributed by atoms with Gasteiger partial charge >= 0.3 is 0 Å². The first-order valence-corrected chi connectivity index (χ1v) is 8.59. The number of halogens is 1. The molecule has 0 amide bonds. The Hall–Kier alpha value is -0.0300. The maximum atomic E-state index is 10.2. The molecule has 0 spiro atoms. The number of aliphatic hydroxyl groups is 1. The van der Waals surface area contributed by atoms with Gasteiger partial charge in [-0.1, -0.05) is 41.9 Å². The summed E-state index contributed by atoms with van der Waals surface area (Å²) in [5.41, 5.74) is 1.01. The Bertz CT molecular complexity index is 388. The van der Waals surface area contributed by atoms with Crippen LogP contribution in [0.5, 0.6) is 0 Å². The molecule has 19 heavy (non-hydrogen) atoms. The molecule has 1 aromatic rings. The van der Waals surface area contributed by atoms with E-state index in [4.69, 9.17) is 0 Å². The van der Waals surface area contributed by atoms with Crippen molar-refractivity contribution in [1.82, 2.24) is 4.90 Å². The summed E-state index contributed by atoms with van der Waals surface area (Å²) in [5.74, 6) is 0. The Morgan fingerprint density at radius 3 is 2.42 bits per heavy atom. The zero-order valence-corrected chi connectivity index (χ0v) is 14.0. The zero-order chi connectivity index (χ0) is 13.8. The van der Waals surface area contributed by atoms with Crippen molar-refractivity contribution in [2.45, 2.75) is 36.9 Å². The van der Waals surface area contributed by atoms with Crippen LogP contribution >= 0.6 is 27.7 Å². The molecule has 0 radical (unpaired) electrons. The molecule has 0 saturated carbocycles. The van der Waals surface area contributed by atoms with E-state index in [1.807, 2.05) is 24.3 Å². The molecule has 1 heterocycles. The van der Waals surface area contributed by atoms with E-state index >= 15 is 0 Å². The summed E-state index contributed by atoms with van der Waals surface area (Å²) in [7, 11) is 0. The van der Waals surface area contributed by atoms with Gasteiger partial charge in [-0.25, -0.2) is 0 Å². The molecule has 3 unspecified atom stereocenters. The molecule has 1 saturated heterocycles. The van der Waals surface area contributed by atoms with E-state index in [0.717, 1.165) is 36.1 Å². The second kappa shape index (κ2) is 7.11. The van der Waals surface area contributed by atoms with Crippen LogP contribution in [0.2, 0.25) is 0 Å². The molecule has 1 aliphatic rings. The molecule has 2 nitrogen and oxygen atoms in total. The topological polar surface area (TPSA) is 23.5 Å². The van der Waals surface area contributed by atoms with Crippen molar-refractivity contribution in [3.8, 4) is 0 Å². The number of benzene rings is 1. The SMILES string of the molecule is CC1CN(CCC(O)c2ccc(Br)cc2)CC(C)S1. The van der Waals surface area contributed by atoms with E-state index < -0.39 is 0 Å². The molecule has 1 fully saturated rings. The maximum absolute atomic E-state index is 10.2. The van der Waals surface area contributed by atoms with Crippen molar-refractivity contribution in [2.75, 3.05) is 19.6 Å². The standard InChI is InChI=1S/C15H22BrNOS/c1-11-9-17(10-12(2)19-11)8-7-15(18)13-3-5-14(16)6-4-13/h3-6,11-12,15,18H,7-10H2,1-2H3. The smallest absolute Gasteiger partial charge is 0.0802 e. The Labute approximate surface area is 128 Å². The highest BCUT2D eigenvalue weighted by atomic mass is 79.9. The molecule has 1 N–H and O–H groups in total. The van der Waals surface area contributed by atoms with Crippen LogP contribution in [0.4, 0.5) is 0 Å². The first-order chi connectivity index (χ1) is 9.04. The molecule has 1 aromatic carbocycles. The van der Waals surface area contributed by atoms with Crippen LogP contribution in [0.3, 0.4) is 0 Å². The molecule has 2 rings (SSSR count). The first kappa shape index (κ1) is 15.4. The number of hydrogen-bond acceptors (Lipinski definition) is 3. The fourth-order valence-corrected chi connectivity index (χ4v) is 4.27. The number of hydrogen-bond donors (Lipinski definition) is 1. The average molecular weight is 344 g/mol. The van der Waals surface area contributed by atoms with Gasteiger partial charge in [-0.3, -0.25) is 0 Å². The van der Waals surface area contributed by atoms with Crippen LogP contribution in [0, 0.1) is 0 Å². The highest BCUT2D eigenvalue weighted by Gasteiger charge is 2.22. The predicted octanol–water partition coefficient (Wildman–Crippen LogP) is 3.70. The van der Waals surface area contributed by atoms with Crippen LogP contribution in [0.1, 0.15) is 31.9 Å². The number of aliphatic hydroxyl groups excluding tert-OH is 1. The molecular formula is C15H22BrNOS. The van der Waals surface area contributed by atoms with Crippen LogP contribution in [0.25, 0.3) is 0 Å². The van der Waals surface area contributed by atoms with E-state index in [1.165, 1.54) is 0 Å². The second-order valence-corrected chi connectivity index (χ2v) is 8.17. The summed E-state index contributed by atoms with van der Waals surface area (Å²) in [4.78, 5) is 2.48. The van der Waals surface area contributed by atoms with E-state index in [2.05, 4.69) is 46.4 Å². The summed E-state index contributed by atoms with van der Waals surface area (Å²) < 4.78 is 1.05. The molecule has 3 atom stereocenters. The lowest BCUT2D eigenvalue weighted by Gasteiger charge is -2.35. The van der Waals surface area contributed by atoms with Crippen molar-refractivity contribution in [3.63, 3.8) is 0 Å². The third-order valence-corrected chi connectivity index (χ3v) is 5.22. The van der Waals surface area contributed by atoms with E-state index in [-0.39, 0.29) is 6.10 Å². The lowest BCUT2D eigenvalue weighted by atomic mass is 10.1. The van der Waals surface area contributed by atoms with Crippen molar-refractivity contribution in [1.29, 1.82) is 0 Å². The monoisotopic (exact) mass is 343 g/mol. The minimum Gasteiger partial charge on any atom is -0.388 e. The van der Waals surface area contributed by atoms with Gasteiger partial charge in [0, 0.05) is 34.6 Å². The number of rotatable bonds is 4. The van der Waals surface area contributed by atoms with E-state index in [9.17, 15) is 5.11 Å². The second-order valence-electron chi connectivity index (χ2n) is 5.37. The largest absolute Gasteiger partial charge is 0.388 e. The van der Waals surface area contributed by atoms with Crippen molar-refractivity contribution in [2.24, 2.45) is 0 Å². The Balaban J connectivity index is 1.83. The van der Waals surface area contributed by atoms with Gasteiger partial charge in [0.2, 0.25) is 0 Å². The van der Waals surface area contributed by atoms with Gasteiger partial charge in [0.05, 0.1) is 6.10 Å².